The van der Waals surface area contributed by atoms with E-state index >= 15 is 0 Å². The predicted molar refractivity (Wildman–Crippen MR) is 117 cm³/mol. The van der Waals surface area contributed by atoms with Crippen molar-refractivity contribution >= 4 is 35.8 Å². The zero-order chi connectivity index (χ0) is 19.7. The van der Waals surface area contributed by atoms with Crippen molar-refractivity contribution in [2.45, 2.75) is 31.5 Å². The fourth-order valence-electron chi connectivity index (χ4n) is 4.13. The zero-order valence-corrected chi connectivity index (χ0v) is 17.9. The molecular formula is C22H25Cl2N3O2. The van der Waals surface area contributed by atoms with Crippen LogP contribution in [0.3, 0.4) is 0 Å². The van der Waals surface area contributed by atoms with Crippen LogP contribution in [0.1, 0.15) is 27.9 Å². The highest BCUT2D eigenvalue weighted by molar-refractivity contribution is 6.33. The van der Waals surface area contributed by atoms with Crippen LogP contribution in [0.5, 0.6) is 0 Å². The van der Waals surface area contributed by atoms with E-state index in [9.17, 15) is 9.59 Å². The summed E-state index contributed by atoms with van der Waals surface area (Å²) in [4.78, 5) is 30.2. The van der Waals surface area contributed by atoms with Gasteiger partial charge in [0, 0.05) is 32.6 Å². The van der Waals surface area contributed by atoms with Gasteiger partial charge in [-0.1, -0.05) is 48.0 Å². The summed E-state index contributed by atoms with van der Waals surface area (Å²) in [5.41, 5.74) is 2.64. The summed E-state index contributed by atoms with van der Waals surface area (Å²) in [6.07, 6.45) is 1.46. The molecule has 154 valence electrons. The van der Waals surface area contributed by atoms with Crippen molar-refractivity contribution in [2.24, 2.45) is 0 Å². The van der Waals surface area contributed by atoms with Crippen molar-refractivity contribution in [1.82, 2.24) is 15.1 Å². The van der Waals surface area contributed by atoms with E-state index in [4.69, 9.17) is 11.6 Å². The summed E-state index contributed by atoms with van der Waals surface area (Å²) < 4.78 is 0. The van der Waals surface area contributed by atoms with Crippen molar-refractivity contribution in [2.75, 3.05) is 20.1 Å². The van der Waals surface area contributed by atoms with E-state index in [0.29, 0.717) is 23.6 Å². The van der Waals surface area contributed by atoms with Crippen molar-refractivity contribution in [3.63, 3.8) is 0 Å². The molecule has 2 aromatic carbocycles. The van der Waals surface area contributed by atoms with E-state index < -0.39 is 6.04 Å². The number of rotatable bonds is 3. The number of likely N-dealkylation sites (N-methyl/N-ethyl adjacent to an activating group) is 1. The van der Waals surface area contributed by atoms with Gasteiger partial charge in [0.2, 0.25) is 5.91 Å². The molecule has 1 N–H and O–H groups in total. The lowest BCUT2D eigenvalue weighted by Crippen LogP contribution is -2.55. The minimum Gasteiger partial charge on any atom is -0.340 e. The highest BCUT2D eigenvalue weighted by atomic mass is 35.5. The van der Waals surface area contributed by atoms with Crippen LogP contribution in [0.15, 0.2) is 48.5 Å². The maximum atomic E-state index is 13.4. The Kier molecular flexibility index (Phi) is 6.83. The summed E-state index contributed by atoms with van der Waals surface area (Å²) >= 11 is 6.28. The van der Waals surface area contributed by atoms with Crippen LogP contribution in [-0.4, -0.2) is 53.8 Å². The fourth-order valence-corrected chi connectivity index (χ4v) is 4.35. The van der Waals surface area contributed by atoms with Gasteiger partial charge in [-0.15, -0.1) is 12.4 Å². The molecule has 2 heterocycles. The second kappa shape index (κ2) is 9.16. The quantitative estimate of drug-likeness (QED) is 0.808. The smallest absolute Gasteiger partial charge is 0.256 e. The average Bonchev–Trinajstić information content (AvgIpc) is 3.26. The number of hydrogen-bond donors (Lipinski definition) is 1. The van der Waals surface area contributed by atoms with Crippen LogP contribution in [0.2, 0.25) is 5.02 Å². The first kappa shape index (κ1) is 21.6. The maximum absolute atomic E-state index is 13.4. The number of nitrogens with one attached hydrogen (secondary N) is 1. The van der Waals surface area contributed by atoms with Gasteiger partial charge in [0.05, 0.1) is 10.6 Å². The van der Waals surface area contributed by atoms with Crippen LogP contribution in [0, 0.1) is 0 Å². The number of amides is 2. The number of carbonyl (C=O) groups is 2. The molecule has 2 unspecified atom stereocenters. The van der Waals surface area contributed by atoms with Crippen LogP contribution in [-0.2, 0) is 17.8 Å². The molecule has 0 radical (unpaired) electrons. The first-order chi connectivity index (χ1) is 13.6. The molecule has 2 aliphatic rings. The molecule has 29 heavy (non-hydrogen) atoms. The molecular weight excluding hydrogens is 409 g/mol. The highest BCUT2D eigenvalue weighted by Crippen LogP contribution is 2.28. The van der Waals surface area contributed by atoms with Crippen LogP contribution >= 0.6 is 24.0 Å². The van der Waals surface area contributed by atoms with Gasteiger partial charge in [-0.3, -0.25) is 9.59 Å². The molecule has 0 bridgehead atoms. The molecule has 0 spiro atoms. The van der Waals surface area contributed by atoms with E-state index in [-0.39, 0.29) is 30.3 Å². The van der Waals surface area contributed by atoms with Crippen molar-refractivity contribution in [3.05, 3.63) is 70.2 Å². The third kappa shape index (κ3) is 4.27. The monoisotopic (exact) mass is 433 g/mol. The van der Waals surface area contributed by atoms with Gasteiger partial charge < -0.3 is 15.1 Å². The predicted octanol–water partition coefficient (Wildman–Crippen LogP) is 3.15. The molecule has 1 saturated heterocycles. The first-order valence-corrected chi connectivity index (χ1v) is 10.0. The Morgan fingerprint density at radius 1 is 1.10 bits per heavy atom. The molecule has 4 rings (SSSR count). The Hall–Kier alpha value is -2.08. The normalized spacial score (nSPS) is 20.6. The van der Waals surface area contributed by atoms with Gasteiger partial charge in [0.1, 0.15) is 6.04 Å². The van der Waals surface area contributed by atoms with Gasteiger partial charge in [-0.2, -0.15) is 0 Å². The lowest BCUT2D eigenvalue weighted by molar-refractivity contribution is -0.137. The Bertz CT molecular complexity index is 899. The van der Waals surface area contributed by atoms with E-state index in [0.717, 1.165) is 30.6 Å². The molecule has 2 aliphatic heterocycles. The second-order valence-corrected chi connectivity index (χ2v) is 7.90. The molecule has 7 heteroatoms. The van der Waals surface area contributed by atoms with Gasteiger partial charge >= 0.3 is 0 Å². The molecule has 2 amide bonds. The van der Waals surface area contributed by atoms with Gasteiger partial charge in [-0.25, -0.2) is 0 Å². The number of fused-ring (bicyclic) bond motifs is 1. The Balaban J connectivity index is 0.00000240. The molecule has 0 aromatic heterocycles. The minimum absolute atomic E-state index is 0. The minimum atomic E-state index is -0.524. The number of halogens is 2. The van der Waals surface area contributed by atoms with Gasteiger partial charge in [0.15, 0.2) is 0 Å². The topological polar surface area (TPSA) is 52.7 Å². The summed E-state index contributed by atoms with van der Waals surface area (Å²) in [6.45, 7) is 2.12. The van der Waals surface area contributed by atoms with Crippen molar-refractivity contribution < 1.29 is 9.59 Å². The summed E-state index contributed by atoms with van der Waals surface area (Å²) in [5, 5.41) is 3.71. The highest BCUT2D eigenvalue weighted by Gasteiger charge is 2.38. The number of benzene rings is 2. The Morgan fingerprint density at radius 2 is 1.79 bits per heavy atom. The van der Waals surface area contributed by atoms with Crippen LogP contribution in [0.4, 0.5) is 0 Å². The van der Waals surface area contributed by atoms with E-state index in [1.54, 1.807) is 29.2 Å². The Labute approximate surface area is 182 Å². The van der Waals surface area contributed by atoms with Crippen molar-refractivity contribution in [3.8, 4) is 0 Å². The summed E-state index contributed by atoms with van der Waals surface area (Å²) in [6, 6.07) is 14.7. The second-order valence-electron chi connectivity index (χ2n) is 7.50. The molecule has 2 aromatic rings. The van der Waals surface area contributed by atoms with E-state index in [1.807, 2.05) is 36.2 Å². The third-order valence-corrected chi connectivity index (χ3v) is 6.16. The SMILES string of the molecule is CN(C(=O)C1Cc2ccccc2CN1C(=O)c1ccccc1Cl)C1CCNC1.Cl. The molecule has 0 aliphatic carbocycles. The van der Waals surface area contributed by atoms with E-state index in [1.165, 1.54) is 0 Å². The number of carbonyl (C=O) groups excluding carboxylic acids is 2. The zero-order valence-electron chi connectivity index (χ0n) is 16.3. The van der Waals surface area contributed by atoms with Crippen LogP contribution in [0.25, 0.3) is 0 Å². The number of hydrogen-bond acceptors (Lipinski definition) is 3. The standard InChI is InChI=1S/C22H24ClN3O2.ClH/c1-25(17-10-11-24-13-17)22(28)20-12-15-6-2-3-7-16(15)14-26(20)21(27)18-8-4-5-9-19(18)23;/h2-9,17,20,24H,10-14H2,1H3;1H. The van der Waals surface area contributed by atoms with Gasteiger partial charge in [0.25, 0.3) is 5.91 Å². The lowest BCUT2D eigenvalue weighted by Gasteiger charge is -2.39. The Morgan fingerprint density at radius 3 is 2.48 bits per heavy atom. The fraction of sp³-hybridized carbons (Fsp3) is 0.364. The van der Waals surface area contributed by atoms with Gasteiger partial charge in [-0.05, 0) is 36.2 Å². The molecule has 2 atom stereocenters. The number of nitrogens with zero attached hydrogens (tertiary/aromatic N) is 2. The summed E-state index contributed by atoms with van der Waals surface area (Å²) in [7, 11) is 1.85. The molecule has 5 nitrogen and oxygen atoms in total. The van der Waals surface area contributed by atoms with Crippen molar-refractivity contribution in [1.29, 1.82) is 0 Å². The molecule has 1 fully saturated rings. The van der Waals surface area contributed by atoms with Crippen LogP contribution < -0.4 is 5.32 Å². The largest absolute Gasteiger partial charge is 0.340 e. The first-order valence-electron chi connectivity index (χ1n) is 9.66. The molecule has 0 saturated carbocycles. The average molecular weight is 434 g/mol. The summed E-state index contributed by atoms with van der Waals surface area (Å²) in [5.74, 6) is -0.208. The lowest BCUT2D eigenvalue weighted by atomic mass is 9.92. The van der Waals surface area contributed by atoms with E-state index in [2.05, 4.69) is 5.32 Å². The third-order valence-electron chi connectivity index (χ3n) is 5.83. The maximum Gasteiger partial charge on any atom is 0.256 e.